The first kappa shape index (κ1) is 10.8. The summed E-state index contributed by atoms with van der Waals surface area (Å²) in [5, 5.41) is 3.13. The van der Waals surface area contributed by atoms with Gasteiger partial charge < -0.3 is 5.32 Å². The van der Waals surface area contributed by atoms with Crippen LogP contribution in [0.2, 0.25) is 0 Å². The molecule has 1 heterocycles. The largest absolute Gasteiger partial charge is 0.446 e. The highest BCUT2D eigenvalue weighted by Crippen LogP contribution is 2.37. The van der Waals surface area contributed by atoms with Crippen LogP contribution in [-0.2, 0) is 0 Å². The molecule has 0 aromatic heterocycles. The van der Waals surface area contributed by atoms with E-state index in [0.717, 1.165) is 18.7 Å². The summed E-state index contributed by atoms with van der Waals surface area (Å²) >= 11 is -0.0688. The first-order valence-electron chi connectivity index (χ1n) is 4.61. The number of nitrogens with one attached hydrogen (secondary N) is 1. The third-order valence-corrected chi connectivity index (χ3v) is 3.11. The Hall–Kier alpha value is -0.680. The van der Waals surface area contributed by atoms with E-state index in [2.05, 4.69) is 5.32 Å². The van der Waals surface area contributed by atoms with Crippen molar-refractivity contribution in [1.29, 1.82) is 0 Å². The number of thioether (sulfide) groups is 1. The molecular weight excluding hydrogens is 223 g/mol. The maximum atomic E-state index is 12.0. The minimum atomic E-state index is -4.19. The predicted molar refractivity (Wildman–Crippen MR) is 54.0 cm³/mol. The summed E-state index contributed by atoms with van der Waals surface area (Å²) in [6.45, 7) is 1.84. The molecule has 2 rings (SSSR count). The lowest BCUT2D eigenvalue weighted by Gasteiger charge is -2.27. The second-order valence-electron chi connectivity index (χ2n) is 3.47. The molecule has 1 aliphatic rings. The molecule has 82 valence electrons. The molecule has 5 heteroatoms. The fraction of sp³-hybridized carbons (Fsp3) is 0.400. The van der Waals surface area contributed by atoms with Crippen LogP contribution in [0.3, 0.4) is 0 Å². The summed E-state index contributed by atoms with van der Waals surface area (Å²) < 4.78 is 36.1. The molecule has 1 aromatic rings. The van der Waals surface area contributed by atoms with Crippen LogP contribution >= 0.6 is 11.8 Å². The maximum Gasteiger partial charge on any atom is 0.446 e. The van der Waals surface area contributed by atoms with E-state index in [1.165, 1.54) is 12.1 Å². The molecule has 0 saturated carbocycles. The van der Waals surface area contributed by atoms with E-state index in [4.69, 9.17) is 0 Å². The van der Waals surface area contributed by atoms with Crippen LogP contribution in [0, 0.1) is 0 Å². The van der Waals surface area contributed by atoms with Crippen molar-refractivity contribution in [3.8, 4) is 0 Å². The number of hydrogen-bond donors (Lipinski definition) is 1. The van der Waals surface area contributed by atoms with Gasteiger partial charge in [0.25, 0.3) is 0 Å². The summed E-state index contributed by atoms with van der Waals surface area (Å²) in [5.41, 5.74) is -3.08. The Morgan fingerprint density at radius 2 is 1.73 bits per heavy atom. The first-order valence-corrected chi connectivity index (χ1v) is 5.43. The molecule has 0 amide bonds. The van der Waals surface area contributed by atoms with Gasteiger partial charge >= 0.3 is 5.51 Å². The quantitative estimate of drug-likeness (QED) is 0.788. The normalized spacial score (nSPS) is 17.5. The van der Waals surface area contributed by atoms with Crippen molar-refractivity contribution in [1.82, 2.24) is 5.32 Å². The standard InChI is InChI=1S/C10H10F3NS/c11-10(12,13)15-9-3-1-7(2-4-9)8-5-14-6-8/h1-4,8,14H,5-6H2. The summed E-state index contributed by atoms with van der Waals surface area (Å²) in [7, 11) is 0. The molecule has 0 aliphatic carbocycles. The van der Waals surface area contributed by atoms with Crippen molar-refractivity contribution in [3.63, 3.8) is 0 Å². The van der Waals surface area contributed by atoms with Crippen LogP contribution in [0.5, 0.6) is 0 Å². The van der Waals surface area contributed by atoms with E-state index in [0.29, 0.717) is 5.92 Å². The van der Waals surface area contributed by atoms with E-state index in [-0.39, 0.29) is 16.7 Å². The van der Waals surface area contributed by atoms with Gasteiger partial charge in [-0.2, -0.15) is 13.2 Å². The van der Waals surface area contributed by atoms with E-state index in [1.807, 2.05) is 0 Å². The lowest BCUT2D eigenvalue weighted by molar-refractivity contribution is -0.0328. The fourth-order valence-electron chi connectivity index (χ4n) is 1.47. The smallest absolute Gasteiger partial charge is 0.315 e. The number of halogens is 3. The highest BCUT2D eigenvalue weighted by molar-refractivity contribution is 8.00. The van der Waals surface area contributed by atoms with Crippen molar-refractivity contribution < 1.29 is 13.2 Å². The van der Waals surface area contributed by atoms with Crippen molar-refractivity contribution in [2.75, 3.05) is 13.1 Å². The molecule has 15 heavy (non-hydrogen) atoms. The van der Waals surface area contributed by atoms with Crippen LogP contribution in [0.4, 0.5) is 13.2 Å². The Morgan fingerprint density at radius 1 is 1.13 bits per heavy atom. The molecule has 1 aromatic carbocycles. The van der Waals surface area contributed by atoms with Crippen LogP contribution in [-0.4, -0.2) is 18.6 Å². The van der Waals surface area contributed by atoms with Gasteiger partial charge in [0.05, 0.1) is 0 Å². The second kappa shape index (κ2) is 4.06. The second-order valence-corrected chi connectivity index (χ2v) is 4.61. The summed E-state index contributed by atoms with van der Waals surface area (Å²) in [4.78, 5) is 0.249. The average Bonchev–Trinajstić information content (AvgIpc) is 2.02. The molecular formula is C10H10F3NS. The topological polar surface area (TPSA) is 12.0 Å². The van der Waals surface area contributed by atoms with Gasteiger partial charge in [0.1, 0.15) is 0 Å². The molecule has 0 radical (unpaired) electrons. The van der Waals surface area contributed by atoms with Crippen LogP contribution in [0.15, 0.2) is 29.2 Å². The Kier molecular flexibility index (Phi) is 2.93. The van der Waals surface area contributed by atoms with Gasteiger partial charge in [-0.05, 0) is 29.5 Å². The Morgan fingerprint density at radius 3 is 2.13 bits per heavy atom. The van der Waals surface area contributed by atoms with Crippen molar-refractivity contribution >= 4 is 11.8 Å². The van der Waals surface area contributed by atoms with Crippen molar-refractivity contribution in [2.45, 2.75) is 16.3 Å². The third kappa shape index (κ3) is 2.89. The summed E-state index contributed by atoms with van der Waals surface area (Å²) in [6.07, 6.45) is 0. The minimum Gasteiger partial charge on any atom is -0.315 e. The molecule has 0 bridgehead atoms. The SMILES string of the molecule is FC(F)(F)Sc1ccc(C2CNC2)cc1. The van der Waals surface area contributed by atoms with E-state index in [9.17, 15) is 13.2 Å². The molecule has 1 nitrogen and oxygen atoms in total. The van der Waals surface area contributed by atoms with Crippen molar-refractivity contribution in [3.05, 3.63) is 29.8 Å². The number of alkyl halides is 3. The van der Waals surface area contributed by atoms with Gasteiger partial charge in [-0.1, -0.05) is 12.1 Å². The fourth-order valence-corrected chi connectivity index (χ4v) is 2.01. The first-order chi connectivity index (χ1) is 7.04. The highest BCUT2D eigenvalue weighted by atomic mass is 32.2. The van der Waals surface area contributed by atoms with Gasteiger partial charge in [-0.25, -0.2) is 0 Å². The van der Waals surface area contributed by atoms with Gasteiger partial charge in [-0.3, -0.25) is 0 Å². The Labute approximate surface area is 90.1 Å². The molecule has 0 unspecified atom stereocenters. The van der Waals surface area contributed by atoms with Gasteiger partial charge in [0.15, 0.2) is 0 Å². The van der Waals surface area contributed by atoms with E-state index < -0.39 is 5.51 Å². The molecule has 1 N–H and O–H groups in total. The zero-order chi connectivity index (χ0) is 10.9. The molecule has 0 atom stereocenters. The van der Waals surface area contributed by atoms with Crippen LogP contribution in [0.1, 0.15) is 11.5 Å². The Bertz CT molecular complexity index is 330. The predicted octanol–water partition coefficient (Wildman–Crippen LogP) is 2.99. The highest BCUT2D eigenvalue weighted by Gasteiger charge is 2.29. The van der Waals surface area contributed by atoms with Gasteiger partial charge in [-0.15, -0.1) is 0 Å². The van der Waals surface area contributed by atoms with E-state index in [1.54, 1.807) is 12.1 Å². The van der Waals surface area contributed by atoms with Crippen molar-refractivity contribution in [2.24, 2.45) is 0 Å². The summed E-state index contributed by atoms with van der Waals surface area (Å²) in [5.74, 6) is 0.468. The lowest BCUT2D eigenvalue weighted by atomic mass is 9.94. The lowest BCUT2D eigenvalue weighted by Crippen LogP contribution is -2.39. The zero-order valence-corrected chi connectivity index (χ0v) is 8.66. The molecule has 0 spiro atoms. The maximum absolute atomic E-state index is 12.0. The van der Waals surface area contributed by atoms with Gasteiger partial charge in [0.2, 0.25) is 0 Å². The average molecular weight is 233 g/mol. The molecule has 1 aliphatic heterocycles. The summed E-state index contributed by atoms with van der Waals surface area (Å²) in [6, 6.07) is 6.62. The zero-order valence-electron chi connectivity index (χ0n) is 7.84. The molecule has 1 saturated heterocycles. The number of benzene rings is 1. The molecule has 1 fully saturated rings. The third-order valence-electron chi connectivity index (χ3n) is 2.37. The number of rotatable bonds is 2. The van der Waals surface area contributed by atoms with Crippen LogP contribution < -0.4 is 5.32 Å². The minimum absolute atomic E-state index is 0.0688. The monoisotopic (exact) mass is 233 g/mol. The Balaban J connectivity index is 2.03. The van der Waals surface area contributed by atoms with Crippen LogP contribution in [0.25, 0.3) is 0 Å². The number of hydrogen-bond acceptors (Lipinski definition) is 2. The van der Waals surface area contributed by atoms with E-state index >= 15 is 0 Å². The van der Waals surface area contributed by atoms with Gasteiger partial charge in [0, 0.05) is 23.9 Å².